The van der Waals surface area contributed by atoms with Gasteiger partial charge in [0.25, 0.3) is 0 Å². The highest BCUT2D eigenvalue weighted by Gasteiger charge is 2.14. The van der Waals surface area contributed by atoms with Gasteiger partial charge in [-0.15, -0.1) is 6.58 Å². The molecule has 0 saturated heterocycles. The van der Waals surface area contributed by atoms with Crippen molar-refractivity contribution in [2.45, 2.75) is 6.42 Å². The van der Waals surface area contributed by atoms with Crippen molar-refractivity contribution in [2.24, 2.45) is 0 Å². The van der Waals surface area contributed by atoms with Crippen LogP contribution in [0.1, 0.15) is 5.56 Å². The maximum absolute atomic E-state index is 13.4. The molecule has 2 aromatic carbocycles. The Morgan fingerprint density at radius 1 is 1.10 bits per heavy atom. The van der Waals surface area contributed by atoms with E-state index in [0.717, 1.165) is 11.1 Å². The van der Waals surface area contributed by atoms with E-state index in [1.807, 2.05) is 0 Å². The zero-order valence-electron chi connectivity index (χ0n) is 10.6. The molecule has 3 rings (SSSR count). The van der Waals surface area contributed by atoms with Gasteiger partial charge in [-0.2, -0.15) is 0 Å². The van der Waals surface area contributed by atoms with Crippen molar-refractivity contribution < 1.29 is 13.3 Å². The van der Waals surface area contributed by atoms with Gasteiger partial charge in [-0.05, 0) is 48.4 Å². The lowest BCUT2D eigenvalue weighted by molar-refractivity contribution is 0.459. The molecule has 0 N–H and O–H groups in total. The summed E-state index contributed by atoms with van der Waals surface area (Å²) in [6.07, 6.45) is 2.18. The second-order valence-electron chi connectivity index (χ2n) is 4.47. The lowest BCUT2D eigenvalue weighted by Crippen LogP contribution is -1.90. The molecule has 0 aliphatic heterocycles. The molecule has 4 heteroatoms. The van der Waals surface area contributed by atoms with E-state index >= 15 is 0 Å². The summed E-state index contributed by atoms with van der Waals surface area (Å²) in [4.78, 5) is 0. The Balaban J connectivity index is 2.25. The number of halogens is 2. The van der Waals surface area contributed by atoms with Gasteiger partial charge < -0.3 is 4.52 Å². The maximum atomic E-state index is 13.4. The van der Waals surface area contributed by atoms with Crippen LogP contribution < -0.4 is 0 Å². The second kappa shape index (κ2) is 4.89. The largest absolute Gasteiger partial charge is 0.356 e. The van der Waals surface area contributed by atoms with Crippen LogP contribution in [0.15, 0.2) is 53.6 Å². The number of hydrogen-bond donors (Lipinski definition) is 0. The van der Waals surface area contributed by atoms with Gasteiger partial charge in [-0.25, -0.2) is 8.78 Å². The van der Waals surface area contributed by atoms with Gasteiger partial charge in [0.2, 0.25) is 0 Å². The number of aromatic nitrogens is 1. The molecule has 0 aliphatic rings. The molecule has 0 fully saturated rings. The van der Waals surface area contributed by atoms with Crippen molar-refractivity contribution >= 4 is 11.0 Å². The SMILES string of the molecule is C=CCc1cc(F)ccc1-c1noc2ccc(F)cc12. The number of hydrogen-bond acceptors (Lipinski definition) is 2. The molecule has 1 aromatic heterocycles. The molecule has 0 aliphatic carbocycles. The van der Waals surface area contributed by atoms with Gasteiger partial charge in [0.1, 0.15) is 17.3 Å². The van der Waals surface area contributed by atoms with Crippen LogP contribution in [0.2, 0.25) is 0 Å². The molecule has 0 saturated carbocycles. The minimum Gasteiger partial charge on any atom is -0.356 e. The third-order valence-corrected chi connectivity index (χ3v) is 3.12. The van der Waals surface area contributed by atoms with Crippen molar-refractivity contribution in [1.29, 1.82) is 0 Å². The van der Waals surface area contributed by atoms with Gasteiger partial charge in [0.05, 0.1) is 5.39 Å². The summed E-state index contributed by atoms with van der Waals surface area (Å²) in [7, 11) is 0. The molecule has 100 valence electrons. The average molecular weight is 271 g/mol. The van der Waals surface area contributed by atoms with E-state index in [4.69, 9.17) is 4.52 Å². The minimum atomic E-state index is -0.366. The third kappa shape index (κ3) is 2.09. The quantitative estimate of drug-likeness (QED) is 0.655. The van der Waals surface area contributed by atoms with Gasteiger partial charge >= 0.3 is 0 Å². The fourth-order valence-corrected chi connectivity index (χ4v) is 2.22. The van der Waals surface area contributed by atoms with Crippen LogP contribution in [0.3, 0.4) is 0 Å². The Kier molecular flexibility index (Phi) is 3.06. The van der Waals surface area contributed by atoms with Gasteiger partial charge in [0, 0.05) is 5.56 Å². The molecule has 0 spiro atoms. The van der Waals surface area contributed by atoms with Crippen LogP contribution in [0.5, 0.6) is 0 Å². The Hall–Kier alpha value is -2.49. The lowest BCUT2D eigenvalue weighted by Gasteiger charge is -2.05. The smallest absolute Gasteiger partial charge is 0.167 e. The zero-order valence-corrected chi connectivity index (χ0v) is 10.6. The number of rotatable bonds is 3. The standard InChI is InChI=1S/C16H11F2NO/c1-2-3-10-8-11(17)4-6-13(10)16-14-9-12(18)5-7-15(14)20-19-16/h2,4-9H,1,3H2. The van der Waals surface area contributed by atoms with E-state index in [0.29, 0.717) is 23.1 Å². The van der Waals surface area contributed by atoms with Crippen LogP contribution >= 0.6 is 0 Å². The molecule has 0 atom stereocenters. The molecule has 1 heterocycles. The summed E-state index contributed by atoms with van der Waals surface area (Å²) >= 11 is 0. The first-order valence-electron chi connectivity index (χ1n) is 6.13. The van der Waals surface area contributed by atoms with E-state index < -0.39 is 0 Å². The number of fused-ring (bicyclic) bond motifs is 1. The minimum absolute atomic E-state index is 0.329. The first-order valence-corrected chi connectivity index (χ1v) is 6.13. The molecule has 0 amide bonds. The average Bonchev–Trinajstić information content (AvgIpc) is 2.82. The highest BCUT2D eigenvalue weighted by atomic mass is 19.1. The Labute approximate surface area is 114 Å². The number of nitrogens with zero attached hydrogens (tertiary/aromatic N) is 1. The van der Waals surface area contributed by atoms with E-state index in [1.54, 1.807) is 12.1 Å². The van der Waals surface area contributed by atoms with Gasteiger partial charge in [-0.3, -0.25) is 0 Å². The van der Waals surface area contributed by atoms with Crippen LogP contribution in [0.25, 0.3) is 22.2 Å². The summed E-state index contributed by atoms with van der Waals surface area (Å²) < 4.78 is 31.9. The van der Waals surface area contributed by atoms with Crippen molar-refractivity contribution in [3.8, 4) is 11.3 Å². The Morgan fingerprint density at radius 3 is 2.65 bits per heavy atom. The van der Waals surface area contributed by atoms with E-state index in [2.05, 4.69) is 11.7 Å². The fraction of sp³-hybridized carbons (Fsp3) is 0.0625. The second-order valence-corrected chi connectivity index (χ2v) is 4.47. The summed E-state index contributed by atoms with van der Waals surface area (Å²) in [5.41, 5.74) is 2.46. The van der Waals surface area contributed by atoms with Gasteiger partial charge in [-0.1, -0.05) is 11.2 Å². The highest BCUT2D eigenvalue weighted by molar-refractivity contribution is 5.92. The van der Waals surface area contributed by atoms with Crippen LogP contribution in [0, 0.1) is 11.6 Å². The maximum Gasteiger partial charge on any atom is 0.167 e. The van der Waals surface area contributed by atoms with Crippen LogP contribution in [-0.2, 0) is 6.42 Å². The van der Waals surface area contributed by atoms with E-state index in [-0.39, 0.29) is 11.6 Å². The first-order chi connectivity index (χ1) is 9.69. The lowest BCUT2D eigenvalue weighted by atomic mass is 9.99. The molecular formula is C16H11F2NO. The molecule has 0 bridgehead atoms. The zero-order chi connectivity index (χ0) is 14.1. The molecule has 3 aromatic rings. The molecule has 2 nitrogen and oxygen atoms in total. The van der Waals surface area contributed by atoms with Gasteiger partial charge in [0.15, 0.2) is 5.58 Å². The predicted octanol–water partition coefficient (Wildman–Crippen LogP) is 4.50. The molecular weight excluding hydrogens is 260 g/mol. The van der Waals surface area contributed by atoms with Crippen LogP contribution in [0.4, 0.5) is 8.78 Å². The van der Waals surface area contributed by atoms with Crippen molar-refractivity contribution in [1.82, 2.24) is 5.16 Å². The topological polar surface area (TPSA) is 26.0 Å². The van der Waals surface area contributed by atoms with E-state index in [1.165, 1.54) is 30.3 Å². The monoisotopic (exact) mass is 271 g/mol. The summed E-state index contributed by atoms with van der Waals surface area (Å²) in [5, 5.41) is 4.55. The highest BCUT2D eigenvalue weighted by Crippen LogP contribution is 2.31. The Bertz CT molecular complexity index is 792. The third-order valence-electron chi connectivity index (χ3n) is 3.12. The summed E-state index contributed by atoms with van der Waals surface area (Å²) in [6.45, 7) is 3.66. The number of allylic oxidation sites excluding steroid dienone is 1. The van der Waals surface area contributed by atoms with Crippen molar-refractivity contribution in [3.05, 3.63) is 66.3 Å². The Morgan fingerprint density at radius 2 is 1.85 bits per heavy atom. The molecule has 0 unspecified atom stereocenters. The normalized spacial score (nSPS) is 10.9. The van der Waals surface area contributed by atoms with Crippen LogP contribution in [-0.4, -0.2) is 5.16 Å². The van der Waals surface area contributed by atoms with E-state index in [9.17, 15) is 8.78 Å². The predicted molar refractivity (Wildman–Crippen MR) is 73.3 cm³/mol. The van der Waals surface area contributed by atoms with Crippen molar-refractivity contribution in [3.63, 3.8) is 0 Å². The van der Waals surface area contributed by atoms with Crippen molar-refractivity contribution in [2.75, 3.05) is 0 Å². The molecule has 20 heavy (non-hydrogen) atoms. The first kappa shape index (κ1) is 12.5. The summed E-state index contributed by atoms with van der Waals surface area (Å²) in [5.74, 6) is -0.695. The number of benzene rings is 2. The molecule has 0 radical (unpaired) electrons. The fourth-order valence-electron chi connectivity index (χ4n) is 2.22. The summed E-state index contributed by atoms with van der Waals surface area (Å²) in [6, 6.07) is 8.60.